The lowest BCUT2D eigenvalue weighted by Gasteiger charge is -2.13. The molecule has 1 aliphatic carbocycles. The van der Waals surface area contributed by atoms with Gasteiger partial charge in [0.15, 0.2) is 5.82 Å². The topological polar surface area (TPSA) is 91.0 Å². The molecule has 0 spiro atoms. The SMILES string of the molecule is CCOc1ccc2ccccc2c1C(=O)NCCn1nc(-c2cccnc2)n(C2CC2)c1=O. The summed E-state index contributed by atoms with van der Waals surface area (Å²) in [5.74, 6) is 0.926. The number of carbonyl (C=O) groups is 1. The molecule has 1 fully saturated rings. The summed E-state index contributed by atoms with van der Waals surface area (Å²) >= 11 is 0. The first-order valence-electron chi connectivity index (χ1n) is 11.2. The van der Waals surface area contributed by atoms with Crippen molar-refractivity contribution in [1.82, 2.24) is 24.6 Å². The Hall–Kier alpha value is -3.94. The minimum Gasteiger partial charge on any atom is -0.493 e. The molecule has 168 valence electrons. The van der Waals surface area contributed by atoms with E-state index in [9.17, 15) is 9.59 Å². The smallest absolute Gasteiger partial charge is 0.346 e. The number of rotatable bonds is 8. The van der Waals surface area contributed by atoms with Crippen LogP contribution in [0.1, 0.15) is 36.2 Å². The van der Waals surface area contributed by atoms with Crippen LogP contribution in [0.15, 0.2) is 65.7 Å². The van der Waals surface area contributed by atoms with Gasteiger partial charge in [-0.1, -0.05) is 30.3 Å². The number of benzene rings is 2. The van der Waals surface area contributed by atoms with Crippen LogP contribution in [0.2, 0.25) is 0 Å². The summed E-state index contributed by atoms with van der Waals surface area (Å²) in [7, 11) is 0. The largest absolute Gasteiger partial charge is 0.493 e. The van der Waals surface area contributed by atoms with Crippen LogP contribution in [0.25, 0.3) is 22.2 Å². The molecule has 0 bridgehead atoms. The van der Waals surface area contributed by atoms with Crippen molar-refractivity contribution in [3.63, 3.8) is 0 Å². The van der Waals surface area contributed by atoms with Gasteiger partial charge in [0.2, 0.25) is 0 Å². The minimum absolute atomic E-state index is 0.161. The highest BCUT2D eigenvalue weighted by atomic mass is 16.5. The van der Waals surface area contributed by atoms with E-state index < -0.39 is 0 Å². The van der Waals surface area contributed by atoms with Crippen molar-refractivity contribution in [3.8, 4) is 17.1 Å². The number of carbonyl (C=O) groups excluding carboxylic acids is 1. The summed E-state index contributed by atoms with van der Waals surface area (Å²) in [6.07, 6.45) is 5.34. The third-order valence-electron chi connectivity index (χ3n) is 5.73. The van der Waals surface area contributed by atoms with Crippen LogP contribution >= 0.6 is 0 Å². The van der Waals surface area contributed by atoms with Gasteiger partial charge < -0.3 is 10.1 Å². The Balaban J connectivity index is 1.37. The third-order valence-corrected chi connectivity index (χ3v) is 5.73. The normalized spacial score (nSPS) is 13.2. The maximum Gasteiger partial charge on any atom is 0.346 e. The summed E-state index contributed by atoms with van der Waals surface area (Å²) in [5.41, 5.74) is 1.15. The lowest BCUT2D eigenvalue weighted by atomic mass is 10.0. The van der Waals surface area contributed by atoms with E-state index in [1.54, 1.807) is 17.0 Å². The van der Waals surface area contributed by atoms with E-state index >= 15 is 0 Å². The number of hydrogen-bond donors (Lipinski definition) is 1. The number of fused-ring (bicyclic) bond motifs is 1. The van der Waals surface area contributed by atoms with Gasteiger partial charge in [-0.2, -0.15) is 0 Å². The fourth-order valence-electron chi connectivity index (χ4n) is 4.04. The van der Waals surface area contributed by atoms with Gasteiger partial charge in [-0.15, -0.1) is 5.10 Å². The highest BCUT2D eigenvalue weighted by Crippen LogP contribution is 2.36. The fraction of sp³-hybridized carbons (Fsp3) is 0.280. The molecular formula is C25H25N5O3. The quantitative estimate of drug-likeness (QED) is 0.451. The van der Waals surface area contributed by atoms with Crippen LogP contribution in [0.5, 0.6) is 5.75 Å². The summed E-state index contributed by atoms with van der Waals surface area (Å²) in [4.78, 5) is 30.3. The summed E-state index contributed by atoms with van der Waals surface area (Å²) in [5, 5.41) is 9.29. The van der Waals surface area contributed by atoms with E-state index in [2.05, 4.69) is 15.4 Å². The first-order valence-corrected chi connectivity index (χ1v) is 11.2. The van der Waals surface area contributed by atoms with Crippen LogP contribution in [0, 0.1) is 0 Å². The van der Waals surface area contributed by atoms with Crippen molar-refractivity contribution in [1.29, 1.82) is 0 Å². The molecule has 1 aliphatic rings. The zero-order chi connectivity index (χ0) is 22.8. The molecule has 2 heterocycles. The van der Waals surface area contributed by atoms with Gasteiger partial charge in [0, 0.05) is 30.5 Å². The number of nitrogens with zero attached hydrogens (tertiary/aromatic N) is 4. The molecule has 0 saturated heterocycles. The minimum atomic E-state index is -0.239. The lowest BCUT2D eigenvalue weighted by Crippen LogP contribution is -2.32. The molecule has 0 aliphatic heterocycles. The second kappa shape index (κ2) is 8.90. The molecule has 4 aromatic rings. The summed E-state index contributed by atoms with van der Waals surface area (Å²) < 4.78 is 8.88. The van der Waals surface area contributed by atoms with Crippen molar-refractivity contribution >= 4 is 16.7 Å². The summed E-state index contributed by atoms with van der Waals surface area (Å²) in [6.45, 7) is 2.89. The average Bonchev–Trinajstić information content (AvgIpc) is 3.63. The van der Waals surface area contributed by atoms with Gasteiger partial charge in [-0.05, 0) is 48.7 Å². The van der Waals surface area contributed by atoms with E-state index in [0.29, 0.717) is 23.7 Å². The van der Waals surface area contributed by atoms with Gasteiger partial charge >= 0.3 is 5.69 Å². The molecule has 8 heteroatoms. The number of nitrogens with one attached hydrogen (secondary N) is 1. The average molecular weight is 444 g/mol. The van der Waals surface area contributed by atoms with Gasteiger partial charge in [-0.25, -0.2) is 9.48 Å². The zero-order valence-corrected chi connectivity index (χ0v) is 18.4. The predicted molar refractivity (Wildman–Crippen MR) is 125 cm³/mol. The van der Waals surface area contributed by atoms with E-state index in [0.717, 1.165) is 29.2 Å². The van der Waals surface area contributed by atoms with Crippen LogP contribution in [-0.2, 0) is 6.54 Å². The maximum absolute atomic E-state index is 13.1. The van der Waals surface area contributed by atoms with E-state index in [1.165, 1.54) is 4.68 Å². The number of amides is 1. The Morgan fingerprint density at radius 1 is 1.15 bits per heavy atom. The monoisotopic (exact) mass is 443 g/mol. The number of ether oxygens (including phenoxy) is 1. The van der Waals surface area contributed by atoms with E-state index in [-0.39, 0.29) is 30.7 Å². The Morgan fingerprint density at radius 2 is 2.00 bits per heavy atom. The fourth-order valence-corrected chi connectivity index (χ4v) is 4.04. The third kappa shape index (κ3) is 4.11. The number of pyridine rings is 1. The van der Waals surface area contributed by atoms with Crippen LogP contribution in [-0.4, -0.2) is 38.4 Å². The second-order valence-corrected chi connectivity index (χ2v) is 8.02. The van der Waals surface area contributed by atoms with Gasteiger partial charge in [0.05, 0.1) is 18.7 Å². The van der Waals surface area contributed by atoms with E-state index in [1.807, 2.05) is 55.5 Å². The second-order valence-electron chi connectivity index (χ2n) is 8.02. The Labute approximate surface area is 190 Å². The van der Waals surface area contributed by atoms with Crippen LogP contribution < -0.4 is 15.7 Å². The molecule has 5 rings (SSSR count). The standard InChI is InChI=1S/C25H25N5O3/c1-2-33-21-12-9-17-6-3-4-8-20(17)22(21)24(31)27-14-15-29-25(32)30(19-10-11-19)23(28-29)18-7-5-13-26-16-18/h3-9,12-13,16,19H,2,10-11,14-15H2,1H3,(H,27,31). The highest BCUT2D eigenvalue weighted by Gasteiger charge is 2.30. The van der Waals surface area contributed by atoms with E-state index in [4.69, 9.17) is 4.74 Å². The predicted octanol–water partition coefficient (Wildman–Crippen LogP) is 3.42. The molecule has 1 N–H and O–H groups in total. The molecule has 0 atom stereocenters. The van der Waals surface area contributed by atoms with Gasteiger partial charge in [0.1, 0.15) is 5.75 Å². The highest BCUT2D eigenvalue weighted by molar-refractivity contribution is 6.09. The molecule has 0 radical (unpaired) electrons. The van der Waals surface area contributed by atoms with Crippen LogP contribution in [0.4, 0.5) is 0 Å². The van der Waals surface area contributed by atoms with Gasteiger partial charge in [-0.3, -0.25) is 14.3 Å². The van der Waals surface area contributed by atoms with Crippen molar-refractivity contribution in [2.75, 3.05) is 13.2 Å². The molecule has 1 saturated carbocycles. The van der Waals surface area contributed by atoms with Crippen molar-refractivity contribution < 1.29 is 9.53 Å². The van der Waals surface area contributed by atoms with Crippen molar-refractivity contribution in [2.45, 2.75) is 32.4 Å². The number of hydrogen-bond acceptors (Lipinski definition) is 5. The Bertz CT molecular complexity index is 1360. The lowest BCUT2D eigenvalue weighted by molar-refractivity contribution is 0.0950. The first-order chi connectivity index (χ1) is 16.2. The molecule has 33 heavy (non-hydrogen) atoms. The molecule has 8 nitrogen and oxygen atoms in total. The first kappa shape index (κ1) is 20.9. The Morgan fingerprint density at radius 3 is 2.76 bits per heavy atom. The molecule has 0 unspecified atom stereocenters. The molecular weight excluding hydrogens is 418 g/mol. The Kier molecular flexibility index (Phi) is 5.64. The summed E-state index contributed by atoms with van der Waals surface area (Å²) in [6, 6.07) is 15.4. The van der Waals surface area contributed by atoms with Gasteiger partial charge in [0.25, 0.3) is 5.91 Å². The number of aromatic nitrogens is 4. The van der Waals surface area contributed by atoms with Crippen LogP contribution in [0.3, 0.4) is 0 Å². The molecule has 2 aromatic carbocycles. The van der Waals surface area contributed by atoms with Crippen molar-refractivity contribution in [3.05, 3.63) is 77.0 Å². The molecule has 2 aromatic heterocycles. The van der Waals surface area contributed by atoms with Crippen molar-refractivity contribution in [2.24, 2.45) is 0 Å². The maximum atomic E-state index is 13.1. The molecule has 1 amide bonds. The zero-order valence-electron chi connectivity index (χ0n) is 18.4.